The molecule has 0 bridgehead atoms. The predicted octanol–water partition coefficient (Wildman–Crippen LogP) is 3.32. The Labute approximate surface area is 119 Å². The number of nitro benzene ring substituents is 1. The number of non-ortho nitro benzene ring substituents is 1. The zero-order chi connectivity index (χ0) is 12.5. The quantitative estimate of drug-likeness (QED) is 0.586. The fourth-order valence-corrected chi connectivity index (χ4v) is 3.22. The van der Waals surface area contributed by atoms with Gasteiger partial charge in [0.2, 0.25) is 0 Å². The lowest BCUT2D eigenvalue weighted by Crippen LogP contribution is -2.39. The van der Waals surface area contributed by atoms with E-state index in [9.17, 15) is 10.1 Å². The number of benzene rings is 1. The van der Waals surface area contributed by atoms with Crippen molar-refractivity contribution in [1.82, 2.24) is 4.90 Å². The first-order valence-corrected chi connectivity index (χ1v) is 6.74. The minimum absolute atomic E-state index is 0. The van der Waals surface area contributed by atoms with Crippen molar-refractivity contribution in [1.29, 1.82) is 0 Å². The smallest absolute Gasteiger partial charge is 0.269 e. The monoisotopic (exact) mass is 282 g/mol. The predicted molar refractivity (Wildman–Crippen MR) is 76.7 cm³/mol. The van der Waals surface area contributed by atoms with Gasteiger partial charge in [0.25, 0.3) is 5.69 Å². The maximum Gasteiger partial charge on any atom is 0.269 e. The molecule has 1 atom stereocenters. The molecule has 0 N–H and O–H groups in total. The van der Waals surface area contributed by atoms with Crippen LogP contribution >= 0.6 is 12.4 Å². The Kier molecular flexibility index (Phi) is 4.42. The van der Waals surface area contributed by atoms with Crippen LogP contribution < -0.4 is 0 Å². The number of halogens is 1. The molecule has 0 spiro atoms. The van der Waals surface area contributed by atoms with Crippen LogP contribution in [-0.2, 0) is 13.0 Å². The Morgan fingerprint density at radius 2 is 2.05 bits per heavy atom. The van der Waals surface area contributed by atoms with E-state index in [1.165, 1.54) is 31.2 Å². The molecule has 0 radical (unpaired) electrons. The molecule has 2 aliphatic heterocycles. The molecule has 2 heterocycles. The zero-order valence-corrected chi connectivity index (χ0v) is 11.7. The second kappa shape index (κ2) is 5.88. The number of nitro groups is 1. The van der Waals surface area contributed by atoms with Crippen LogP contribution in [0.3, 0.4) is 0 Å². The standard InChI is InChI=1S/C14H18N2O2.ClH/c17-16(18)14-6-5-11-8-13-4-2-1-3-7-15(13)10-12(11)9-14;/h5-6,9,13H,1-4,7-8,10H2;1H. The first-order valence-electron chi connectivity index (χ1n) is 6.74. The molecular weight excluding hydrogens is 264 g/mol. The van der Waals surface area contributed by atoms with Crippen molar-refractivity contribution in [3.63, 3.8) is 0 Å². The van der Waals surface area contributed by atoms with Gasteiger partial charge in [-0.2, -0.15) is 0 Å². The van der Waals surface area contributed by atoms with Crippen molar-refractivity contribution in [3.8, 4) is 0 Å². The Morgan fingerprint density at radius 1 is 1.21 bits per heavy atom. The second-order valence-corrected chi connectivity index (χ2v) is 5.39. The molecular formula is C14H19ClN2O2. The number of hydrogen-bond donors (Lipinski definition) is 0. The van der Waals surface area contributed by atoms with Gasteiger partial charge in [-0.25, -0.2) is 0 Å². The van der Waals surface area contributed by atoms with Crippen LogP contribution in [0, 0.1) is 10.1 Å². The number of rotatable bonds is 1. The fraction of sp³-hybridized carbons (Fsp3) is 0.571. The summed E-state index contributed by atoms with van der Waals surface area (Å²) in [4.78, 5) is 13.0. The molecule has 5 heteroatoms. The van der Waals surface area contributed by atoms with Crippen LogP contribution in [0.5, 0.6) is 0 Å². The van der Waals surface area contributed by atoms with Crippen molar-refractivity contribution >= 4 is 18.1 Å². The molecule has 0 saturated carbocycles. The van der Waals surface area contributed by atoms with Crippen molar-refractivity contribution in [2.45, 2.75) is 44.7 Å². The minimum Gasteiger partial charge on any atom is -0.296 e. The molecule has 0 aromatic heterocycles. The van der Waals surface area contributed by atoms with Crippen LogP contribution in [0.15, 0.2) is 18.2 Å². The lowest BCUT2D eigenvalue weighted by atomic mass is 9.92. The summed E-state index contributed by atoms with van der Waals surface area (Å²) in [5, 5.41) is 10.8. The van der Waals surface area contributed by atoms with Gasteiger partial charge < -0.3 is 0 Å². The van der Waals surface area contributed by atoms with E-state index < -0.39 is 0 Å². The normalized spacial score (nSPS) is 22.6. The first kappa shape index (κ1) is 14.3. The third-order valence-corrected chi connectivity index (χ3v) is 4.23. The molecule has 1 unspecified atom stereocenters. The summed E-state index contributed by atoms with van der Waals surface area (Å²) in [5.41, 5.74) is 2.69. The lowest BCUT2D eigenvalue weighted by molar-refractivity contribution is -0.385. The molecule has 1 saturated heterocycles. The summed E-state index contributed by atoms with van der Waals surface area (Å²) in [6.07, 6.45) is 6.25. The van der Waals surface area contributed by atoms with Crippen LogP contribution in [0.2, 0.25) is 0 Å². The van der Waals surface area contributed by atoms with Gasteiger partial charge in [-0.15, -0.1) is 12.4 Å². The molecule has 1 aromatic carbocycles. The van der Waals surface area contributed by atoms with Crippen LogP contribution in [0.1, 0.15) is 36.8 Å². The highest BCUT2D eigenvalue weighted by atomic mass is 35.5. The Morgan fingerprint density at radius 3 is 2.84 bits per heavy atom. The Bertz CT molecular complexity index is 479. The van der Waals surface area contributed by atoms with E-state index in [1.54, 1.807) is 12.1 Å². The van der Waals surface area contributed by atoms with Gasteiger partial charge in [0, 0.05) is 24.7 Å². The first-order chi connectivity index (χ1) is 8.74. The van der Waals surface area contributed by atoms with Crippen LogP contribution in [0.25, 0.3) is 0 Å². The number of fused-ring (bicyclic) bond motifs is 2. The molecule has 19 heavy (non-hydrogen) atoms. The fourth-order valence-electron chi connectivity index (χ4n) is 3.22. The Hall–Kier alpha value is -1.13. The van der Waals surface area contributed by atoms with Crippen LogP contribution in [0.4, 0.5) is 5.69 Å². The summed E-state index contributed by atoms with van der Waals surface area (Å²) >= 11 is 0. The molecule has 0 aliphatic carbocycles. The molecule has 1 aromatic rings. The topological polar surface area (TPSA) is 46.4 Å². The van der Waals surface area contributed by atoms with E-state index in [4.69, 9.17) is 0 Å². The maximum absolute atomic E-state index is 10.8. The molecule has 3 rings (SSSR count). The van der Waals surface area contributed by atoms with Crippen molar-refractivity contribution in [3.05, 3.63) is 39.4 Å². The number of hydrogen-bond acceptors (Lipinski definition) is 3. The summed E-state index contributed by atoms with van der Waals surface area (Å²) in [7, 11) is 0. The van der Waals surface area contributed by atoms with Crippen molar-refractivity contribution in [2.75, 3.05) is 6.54 Å². The molecule has 1 fully saturated rings. The molecule has 104 valence electrons. The van der Waals surface area contributed by atoms with Gasteiger partial charge in [-0.1, -0.05) is 18.9 Å². The van der Waals surface area contributed by atoms with Crippen LogP contribution in [-0.4, -0.2) is 22.4 Å². The van der Waals surface area contributed by atoms with Gasteiger partial charge in [0.1, 0.15) is 0 Å². The van der Waals surface area contributed by atoms with E-state index in [0.29, 0.717) is 6.04 Å². The maximum atomic E-state index is 10.8. The van der Waals surface area contributed by atoms with E-state index in [0.717, 1.165) is 25.1 Å². The average molecular weight is 283 g/mol. The van der Waals surface area contributed by atoms with Gasteiger partial charge >= 0.3 is 0 Å². The van der Waals surface area contributed by atoms with E-state index in [1.807, 2.05) is 6.07 Å². The molecule has 0 amide bonds. The Balaban J connectivity index is 0.00000133. The zero-order valence-electron chi connectivity index (χ0n) is 10.9. The third kappa shape index (κ3) is 2.90. The van der Waals surface area contributed by atoms with Crippen molar-refractivity contribution in [2.24, 2.45) is 0 Å². The van der Waals surface area contributed by atoms with Gasteiger partial charge in [-0.05, 0) is 36.9 Å². The van der Waals surface area contributed by atoms with Gasteiger partial charge in [0.05, 0.1) is 4.92 Å². The van der Waals surface area contributed by atoms with Gasteiger partial charge in [0.15, 0.2) is 0 Å². The summed E-state index contributed by atoms with van der Waals surface area (Å²) in [6.45, 7) is 2.04. The van der Waals surface area contributed by atoms with Crippen molar-refractivity contribution < 1.29 is 4.92 Å². The average Bonchev–Trinajstić information content (AvgIpc) is 2.59. The highest BCUT2D eigenvalue weighted by molar-refractivity contribution is 5.85. The largest absolute Gasteiger partial charge is 0.296 e. The summed E-state index contributed by atoms with van der Waals surface area (Å²) in [5.74, 6) is 0. The molecule has 4 nitrogen and oxygen atoms in total. The molecule has 2 aliphatic rings. The number of nitrogens with zero attached hydrogens (tertiary/aromatic N) is 2. The van der Waals surface area contributed by atoms with Gasteiger partial charge in [-0.3, -0.25) is 15.0 Å². The summed E-state index contributed by atoms with van der Waals surface area (Å²) < 4.78 is 0. The third-order valence-electron chi connectivity index (χ3n) is 4.23. The highest BCUT2D eigenvalue weighted by Gasteiger charge is 2.27. The summed E-state index contributed by atoms with van der Waals surface area (Å²) in [6, 6.07) is 6.01. The second-order valence-electron chi connectivity index (χ2n) is 5.39. The minimum atomic E-state index is -0.297. The van der Waals surface area contributed by atoms with E-state index in [2.05, 4.69) is 4.90 Å². The van der Waals surface area contributed by atoms with E-state index >= 15 is 0 Å². The van der Waals surface area contributed by atoms with E-state index in [-0.39, 0.29) is 23.0 Å². The lowest BCUT2D eigenvalue weighted by Gasteiger charge is -2.35. The highest BCUT2D eigenvalue weighted by Crippen LogP contribution is 2.30. The SMILES string of the molecule is Cl.O=[N+]([O-])c1ccc2c(c1)CN1CCCCCC1C2.